The van der Waals surface area contributed by atoms with Crippen molar-refractivity contribution >= 4 is 21.9 Å². The molecule has 0 saturated carbocycles. The molecule has 2 rings (SSSR count). The van der Waals surface area contributed by atoms with E-state index in [2.05, 4.69) is 15.9 Å². The van der Waals surface area contributed by atoms with Crippen molar-refractivity contribution in [1.29, 1.82) is 0 Å². The summed E-state index contributed by atoms with van der Waals surface area (Å²) >= 11 is 3.31. The highest BCUT2D eigenvalue weighted by Gasteiger charge is 2.30. The smallest absolute Gasteiger partial charge is 0.416 e. The predicted octanol–water partition coefficient (Wildman–Crippen LogP) is 5.44. The SMILES string of the molecule is CCOC(=O)c1ccc(-c2cccc(C(F)(F)F)c2)c(CBr)c1. The second-order valence-electron chi connectivity index (χ2n) is 4.80. The van der Waals surface area contributed by atoms with Gasteiger partial charge in [-0.25, -0.2) is 4.79 Å². The molecule has 0 aliphatic heterocycles. The number of hydrogen-bond acceptors (Lipinski definition) is 2. The number of rotatable bonds is 4. The zero-order valence-electron chi connectivity index (χ0n) is 12.3. The Hall–Kier alpha value is -1.82. The Morgan fingerprint density at radius 3 is 2.52 bits per heavy atom. The van der Waals surface area contributed by atoms with Gasteiger partial charge in [0.15, 0.2) is 0 Å². The summed E-state index contributed by atoms with van der Waals surface area (Å²) in [6, 6.07) is 9.94. The van der Waals surface area contributed by atoms with Gasteiger partial charge in [0.2, 0.25) is 0 Å². The van der Waals surface area contributed by atoms with Gasteiger partial charge in [-0.1, -0.05) is 34.1 Å². The number of halogens is 4. The van der Waals surface area contributed by atoms with Gasteiger partial charge in [0.1, 0.15) is 0 Å². The van der Waals surface area contributed by atoms with Crippen molar-refractivity contribution in [2.24, 2.45) is 0 Å². The highest BCUT2D eigenvalue weighted by molar-refractivity contribution is 9.08. The molecule has 6 heteroatoms. The van der Waals surface area contributed by atoms with Crippen molar-refractivity contribution in [2.45, 2.75) is 18.4 Å². The maximum absolute atomic E-state index is 12.9. The van der Waals surface area contributed by atoms with E-state index in [1.807, 2.05) is 0 Å². The third kappa shape index (κ3) is 4.13. The van der Waals surface area contributed by atoms with E-state index in [4.69, 9.17) is 4.74 Å². The van der Waals surface area contributed by atoms with E-state index in [0.717, 1.165) is 17.7 Å². The molecular weight excluding hydrogens is 373 g/mol. The Bertz CT molecular complexity index is 711. The van der Waals surface area contributed by atoms with Gasteiger partial charge < -0.3 is 4.74 Å². The van der Waals surface area contributed by atoms with Gasteiger partial charge in [0.05, 0.1) is 17.7 Å². The van der Waals surface area contributed by atoms with Gasteiger partial charge in [0.25, 0.3) is 0 Å². The number of benzene rings is 2. The van der Waals surface area contributed by atoms with E-state index < -0.39 is 17.7 Å². The molecule has 0 amide bonds. The average Bonchev–Trinajstić information content (AvgIpc) is 2.53. The molecule has 23 heavy (non-hydrogen) atoms. The van der Waals surface area contributed by atoms with E-state index in [-0.39, 0.29) is 6.61 Å². The average molecular weight is 387 g/mol. The lowest BCUT2D eigenvalue weighted by atomic mass is 9.97. The minimum absolute atomic E-state index is 0.262. The van der Waals surface area contributed by atoms with Crippen LogP contribution in [0.25, 0.3) is 11.1 Å². The molecule has 2 nitrogen and oxygen atoms in total. The Morgan fingerprint density at radius 2 is 1.91 bits per heavy atom. The zero-order chi connectivity index (χ0) is 17.0. The molecule has 0 spiro atoms. The summed E-state index contributed by atoms with van der Waals surface area (Å²) in [4.78, 5) is 11.8. The maximum Gasteiger partial charge on any atom is 0.416 e. The number of carbonyl (C=O) groups excluding carboxylic acids is 1. The molecule has 0 atom stereocenters. The van der Waals surface area contributed by atoms with Crippen LogP contribution in [0.15, 0.2) is 42.5 Å². The molecule has 0 heterocycles. The summed E-state index contributed by atoms with van der Waals surface area (Å²) in [6.07, 6.45) is -4.39. The molecule has 0 aliphatic carbocycles. The lowest BCUT2D eigenvalue weighted by Crippen LogP contribution is -2.06. The van der Waals surface area contributed by atoms with Crippen LogP contribution in [-0.4, -0.2) is 12.6 Å². The molecule has 2 aromatic carbocycles. The lowest BCUT2D eigenvalue weighted by Gasteiger charge is -2.12. The molecule has 0 saturated heterocycles. The minimum atomic E-state index is -4.39. The van der Waals surface area contributed by atoms with Gasteiger partial charge >= 0.3 is 12.1 Å². The normalized spacial score (nSPS) is 11.3. The molecule has 2 aromatic rings. The van der Waals surface area contributed by atoms with E-state index in [0.29, 0.717) is 22.0 Å². The van der Waals surface area contributed by atoms with Crippen LogP contribution in [0.3, 0.4) is 0 Å². The van der Waals surface area contributed by atoms with Crippen molar-refractivity contribution in [3.63, 3.8) is 0 Å². The van der Waals surface area contributed by atoms with Crippen LogP contribution in [-0.2, 0) is 16.2 Å². The Kier molecular flexibility index (Phi) is 5.46. The highest BCUT2D eigenvalue weighted by Crippen LogP contribution is 2.34. The molecule has 0 aromatic heterocycles. The molecule has 0 aliphatic rings. The van der Waals surface area contributed by atoms with E-state index >= 15 is 0 Å². The van der Waals surface area contributed by atoms with E-state index in [1.54, 1.807) is 31.2 Å². The van der Waals surface area contributed by atoms with Crippen molar-refractivity contribution in [2.75, 3.05) is 6.61 Å². The van der Waals surface area contributed by atoms with Gasteiger partial charge in [-0.3, -0.25) is 0 Å². The first-order valence-corrected chi connectivity index (χ1v) is 8.02. The fraction of sp³-hybridized carbons (Fsp3) is 0.235. The Morgan fingerprint density at radius 1 is 1.17 bits per heavy atom. The summed E-state index contributed by atoms with van der Waals surface area (Å²) in [6.45, 7) is 1.97. The monoisotopic (exact) mass is 386 g/mol. The zero-order valence-corrected chi connectivity index (χ0v) is 13.9. The molecule has 0 bridgehead atoms. The Balaban J connectivity index is 2.46. The fourth-order valence-corrected chi connectivity index (χ4v) is 2.65. The number of carbonyl (C=O) groups is 1. The first kappa shape index (κ1) is 17.5. The van der Waals surface area contributed by atoms with E-state index in [9.17, 15) is 18.0 Å². The van der Waals surface area contributed by atoms with Crippen LogP contribution in [0.5, 0.6) is 0 Å². The van der Waals surface area contributed by atoms with Crippen molar-refractivity contribution in [3.8, 4) is 11.1 Å². The summed E-state index contributed by atoms with van der Waals surface area (Å²) in [5, 5.41) is 0.409. The topological polar surface area (TPSA) is 26.3 Å². The minimum Gasteiger partial charge on any atom is -0.462 e. The molecule has 122 valence electrons. The molecule has 0 unspecified atom stereocenters. The summed E-state index contributed by atoms with van der Waals surface area (Å²) in [7, 11) is 0. The van der Waals surface area contributed by atoms with Crippen molar-refractivity contribution in [1.82, 2.24) is 0 Å². The largest absolute Gasteiger partial charge is 0.462 e. The first-order valence-electron chi connectivity index (χ1n) is 6.90. The summed E-state index contributed by atoms with van der Waals surface area (Å²) in [5.41, 5.74) is 1.47. The highest BCUT2D eigenvalue weighted by atomic mass is 79.9. The van der Waals surface area contributed by atoms with Crippen LogP contribution in [0.1, 0.15) is 28.4 Å². The molecule has 0 radical (unpaired) electrons. The maximum atomic E-state index is 12.9. The molecular formula is C17H14BrF3O2. The van der Waals surface area contributed by atoms with Crippen LogP contribution < -0.4 is 0 Å². The van der Waals surface area contributed by atoms with Crippen molar-refractivity contribution < 1.29 is 22.7 Å². The summed E-state index contributed by atoms with van der Waals surface area (Å²) in [5.74, 6) is -0.453. The molecule has 0 fully saturated rings. The second kappa shape index (κ2) is 7.17. The molecule has 0 N–H and O–H groups in total. The fourth-order valence-electron chi connectivity index (χ4n) is 2.19. The van der Waals surface area contributed by atoms with Crippen LogP contribution in [0, 0.1) is 0 Å². The van der Waals surface area contributed by atoms with Crippen LogP contribution in [0.2, 0.25) is 0 Å². The second-order valence-corrected chi connectivity index (χ2v) is 5.37. The lowest BCUT2D eigenvalue weighted by molar-refractivity contribution is -0.137. The number of alkyl halides is 4. The van der Waals surface area contributed by atoms with E-state index in [1.165, 1.54) is 6.07 Å². The number of esters is 1. The number of hydrogen-bond donors (Lipinski definition) is 0. The van der Waals surface area contributed by atoms with Gasteiger partial charge in [-0.05, 0) is 47.9 Å². The van der Waals surface area contributed by atoms with Crippen LogP contribution in [0.4, 0.5) is 13.2 Å². The summed E-state index contributed by atoms with van der Waals surface area (Å²) < 4.78 is 43.5. The first-order chi connectivity index (χ1) is 10.9. The van der Waals surface area contributed by atoms with Crippen molar-refractivity contribution in [3.05, 3.63) is 59.2 Å². The third-order valence-corrected chi connectivity index (χ3v) is 3.87. The quantitative estimate of drug-likeness (QED) is 0.516. The van der Waals surface area contributed by atoms with Gasteiger partial charge in [-0.2, -0.15) is 13.2 Å². The standard InChI is InChI=1S/C17H14BrF3O2/c1-2-23-16(22)12-6-7-15(13(8-12)10-18)11-4-3-5-14(9-11)17(19,20)21/h3-9H,2,10H2,1H3. The van der Waals surface area contributed by atoms with Gasteiger partial charge in [0, 0.05) is 5.33 Å². The van der Waals surface area contributed by atoms with Gasteiger partial charge in [-0.15, -0.1) is 0 Å². The third-order valence-electron chi connectivity index (χ3n) is 3.26. The Labute approximate surface area is 140 Å². The van der Waals surface area contributed by atoms with Crippen LogP contribution >= 0.6 is 15.9 Å². The predicted molar refractivity (Wildman–Crippen MR) is 85.5 cm³/mol. The number of ether oxygens (including phenoxy) is 1.